The van der Waals surface area contributed by atoms with E-state index in [0.29, 0.717) is 16.5 Å². The molecule has 1 atom stereocenters. The van der Waals surface area contributed by atoms with Crippen LogP contribution < -0.4 is 0 Å². The van der Waals surface area contributed by atoms with E-state index in [9.17, 15) is 4.39 Å². The third-order valence-corrected chi connectivity index (χ3v) is 3.74. The van der Waals surface area contributed by atoms with E-state index in [1.165, 1.54) is 6.07 Å². The van der Waals surface area contributed by atoms with E-state index in [1.807, 2.05) is 19.1 Å². The van der Waals surface area contributed by atoms with Crippen LogP contribution in [0.4, 0.5) is 4.39 Å². The minimum atomic E-state index is -0.434. The number of pyridine rings is 1. The molecule has 1 unspecified atom stereocenters. The highest BCUT2D eigenvalue weighted by Crippen LogP contribution is 2.32. The van der Waals surface area contributed by atoms with E-state index in [0.717, 1.165) is 11.3 Å². The van der Waals surface area contributed by atoms with E-state index in [-0.39, 0.29) is 5.82 Å². The molecule has 0 saturated carbocycles. The van der Waals surface area contributed by atoms with Gasteiger partial charge in [0.1, 0.15) is 5.82 Å². The molecular weight excluding hydrogens is 317 g/mol. The molecule has 2 aromatic rings. The Morgan fingerprint density at radius 2 is 2.11 bits per heavy atom. The Morgan fingerprint density at radius 3 is 2.72 bits per heavy atom. The smallest absolute Gasteiger partial charge is 0.129 e. The Bertz CT molecular complexity index is 522. The van der Waals surface area contributed by atoms with Crippen molar-refractivity contribution < 1.29 is 4.39 Å². The van der Waals surface area contributed by atoms with Crippen LogP contribution in [-0.4, -0.2) is 4.98 Å². The minimum Gasteiger partial charge on any atom is -0.261 e. The molecular formula is C14H12BrClFN. The monoisotopic (exact) mass is 327 g/mol. The normalized spacial score (nSPS) is 12.4. The molecule has 0 spiro atoms. The Hall–Kier alpha value is -0.930. The van der Waals surface area contributed by atoms with Gasteiger partial charge in [-0.2, -0.15) is 0 Å². The first-order valence-electron chi connectivity index (χ1n) is 5.57. The molecule has 1 aromatic heterocycles. The number of nitrogens with zero attached hydrogens (tertiary/aromatic N) is 1. The number of rotatable bonds is 3. The van der Waals surface area contributed by atoms with Crippen molar-refractivity contribution in [1.29, 1.82) is 0 Å². The average molecular weight is 329 g/mol. The Balaban J connectivity index is 2.22. The van der Waals surface area contributed by atoms with Gasteiger partial charge in [0, 0.05) is 28.3 Å². The largest absolute Gasteiger partial charge is 0.261 e. The van der Waals surface area contributed by atoms with Gasteiger partial charge in [0.2, 0.25) is 0 Å². The highest BCUT2D eigenvalue weighted by molar-refractivity contribution is 9.10. The van der Waals surface area contributed by atoms with Gasteiger partial charge in [-0.1, -0.05) is 28.1 Å². The molecule has 0 fully saturated rings. The lowest BCUT2D eigenvalue weighted by Gasteiger charge is -2.12. The highest BCUT2D eigenvalue weighted by Gasteiger charge is 2.17. The van der Waals surface area contributed by atoms with E-state index in [1.54, 1.807) is 18.3 Å². The molecule has 0 radical (unpaired) electrons. The van der Waals surface area contributed by atoms with Gasteiger partial charge in [-0.25, -0.2) is 4.39 Å². The summed E-state index contributed by atoms with van der Waals surface area (Å²) in [5.74, 6) is -0.295. The van der Waals surface area contributed by atoms with Gasteiger partial charge >= 0.3 is 0 Å². The summed E-state index contributed by atoms with van der Waals surface area (Å²) in [6.07, 6.45) is 2.29. The molecule has 4 heteroatoms. The van der Waals surface area contributed by atoms with Gasteiger partial charge in [-0.3, -0.25) is 4.98 Å². The van der Waals surface area contributed by atoms with Crippen LogP contribution in [0.5, 0.6) is 0 Å². The van der Waals surface area contributed by atoms with Gasteiger partial charge in [0.15, 0.2) is 0 Å². The number of benzene rings is 1. The second-order valence-corrected chi connectivity index (χ2v) is 5.52. The van der Waals surface area contributed by atoms with E-state index < -0.39 is 5.38 Å². The summed E-state index contributed by atoms with van der Waals surface area (Å²) in [6, 6.07) is 8.74. The van der Waals surface area contributed by atoms with E-state index >= 15 is 0 Å². The maximum absolute atomic E-state index is 13.7. The molecule has 1 heterocycles. The van der Waals surface area contributed by atoms with E-state index in [4.69, 9.17) is 11.6 Å². The first-order valence-corrected chi connectivity index (χ1v) is 6.80. The van der Waals surface area contributed by atoms with Crippen LogP contribution in [0.15, 0.2) is 41.0 Å². The summed E-state index contributed by atoms with van der Waals surface area (Å²) < 4.78 is 14.4. The van der Waals surface area contributed by atoms with Crippen LogP contribution in [0.3, 0.4) is 0 Å². The average Bonchev–Trinajstić information content (AvgIpc) is 2.32. The lowest BCUT2D eigenvalue weighted by Crippen LogP contribution is -2.02. The molecule has 2 rings (SSSR count). The van der Waals surface area contributed by atoms with Crippen molar-refractivity contribution in [2.45, 2.75) is 18.7 Å². The molecule has 0 aliphatic rings. The molecule has 0 aliphatic carbocycles. The fraction of sp³-hybridized carbons (Fsp3) is 0.214. The molecule has 0 bridgehead atoms. The molecule has 0 saturated heterocycles. The van der Waals surface area contributed by atoms with Gasteiger partial charge in [0.25, 0.3) is 0 Å². The second-order valence-electron chi connectivity index (χ2n) is 4.13. The molecule has 18 heavy (non-hydrogen) atoms. The predicted octanol–water partition coefficient (Wildman–Crippen LogP) is 4.81. The number of aryl methyl sites for hydroxylation is 1. The van der Waals surface area contributed by atoms with Crippen molar-refractivity contribution in [1.82, 2.24) is 4.98 Å². The predicted molar refractivity (Wildman–Crippen MR) is 75.4 cm³/mol. The topological polar surface area (TPSA) is 12.9 Å². The SMILES string of the molecule is Cc1ccc(CC(Cl)c2c(F)cccc2Br)nc1. The summed E-state index contributed by atoms with van der Waals surface area (Å²) >= 11 is 9.61. The molecule has 1 nitrogen and oxygen atoms in total. The number of hydrogen-bond acceptors (Lipinski definition) is 1. The summed E-state index contributed by atoms with van der Waals surface area (Å²) in [4.78, 5) is 4.28. The van der Waals surface area contributed by atoms with Crippen molar-refractivity contribution in [2.75, 3.05) is 0 Å². The zero-order valence-electron chi connectivity index (χ0n) is 9.83. The van der Waals surface area contributed by atoms with Crippen molar-refractivity contribution in [2.24, 2.45) is 0 Å². The van der Waals surface area contributed by atoms with Crippen molar-refractivity contribution in [3.8, 4) is 0 Å². The van der Waals surface area contributed by atoms with Gasteiger partial charge in [-0.15, -0.1) is 11.6 Å². The van der Waals surface area contributed by atoms with Crippen LogP contribution in [0.1, 0.15) is 22.2 Å². The van der Waals surface area contributed by atoms with Crippen LogP contribution in [0.25, 0.3) is 0 Å². The Morgan fingerprint density at radius 1 is 1.33 bits per heavy atom. The summed E-state index contributed by atoms with van der Waals surface area (Å²) in [5.41, 5.74) is 2.44. The summed E-state index contributed by atoms with van der Waals surface area (Å²) in [6.45, 7) is 1.97. The van der Waals surface area contributed by atoms with Crippen molar-refractivity contribution in [3.63, 3.8) is 0 Å². The summed E-state index contributed by atoms with van der Waals surface area (Å²) in [7, 11) is 0. The second kappa shape index (κ2) is 5.81. The molecule has 0 aliphatic heterocycles. The third-order valence-electron chi connectivity index (χ3n) is 2.67. The molecule has 0 N–H and O–H groups in total. The fourth-order valence-corrected chi connectivity index (χ4v) is 2.84. The fourth-order valence-electron chi connectivity index (χ4n) is 1.71. The molecule has 1 aromatic carbocycles. The van der Waals surface area contributed by atoms with Crippen LogP contribution >= 0.6 is 27.5 Å². The number of alkyl halides is 1. The molecule has 94 valence electrons. The van der Waals surface area contributed by atoms with Gasteiger partial charge in [0.05, 0.1) is 5.38 Å². The quantitative estimate of drug-likeness (QED) is 0.737. The zero-order chi connectivity index (χ0) is 13.1. The number of halogens is 3. The lowest BCUT2D eigenvalue weighted by atomic mass is 10.1. The maximum atomic E-state index is 13.7. The number of aromatic nitrogens is 1. The first kappa shape index (κ1) is 13.5. The minimum absolute atomic E-state index is 0.295. The summed E-state index contributed by atoms with van der Waals surface area (Å²) in [5, 5.41) is -0.434. The van der Waals surface area contributed by atoms with Crippen LogP contribution in [-0.2, 0) is 6.42 Å². The third kappa shape index (κ3) is 3.09. The molecule has 0 amide bonds. The Labute approximate surface area is 119 Å². The highest BCUT2D eigenvalue weighted by atomic mass is 79.9. The van der Waals surface area contributed by atoms with E-state index in [2.05, 4.69) is 20.9 Å². The van der Waals surface area contributed by atoms with Gasteiger partial charge < -0.3 is 0 Å². The zero-order valence-corrected chi connectivity index (χ0v) is 12.2. The van der Waals surface area contributed by atoms with Gasteiger partial charge in [-0.05, 0) is 30.7 Å². The first-order chi connectivity index (χ1) is 8.58. The lowest BCUT2D eigenvalue weighted by molar-refractivity contribution is 0.603. The van der Waals surface area contributed by atoms with Crippen molar-refractivity contribution >= 4 is 27.5 Å². The standard InChI is InChI=1S/C14H12BrClFN/c1-9-5-6-10(18-8-9)7-12(16)14-11(15)3-2-4-13(14)17/h2-6,8,12H,7H2,1H3. The Kier molecular flexibility index (Phi) is 4.36. The maximum Gasteiger partial charge on any atom is 0.129 e. The van der Waals surface area contributed by atoms with Crippen LogP contribution in [0, 0.1) is 12.7 Å². The number of hydrogen-bond donors (Lipinski definition) is 0. The van der Waals surface area contributed by atoms with Crippen LogP contribution in [0.2, 0.25) is 0 Å². The van der Waals surface area contributed by atoms with Crippen molar-refractivity contribution in [3.05, 3.63) is 63.6 Å².